The summed E-state index contributed by atoms with van der Waals surface area (Å²) in [6, 6.07) is 4.07. The van der Waals surface area contributed by atoms with Crippen molar-refractivity contribution in [3.63, 3.8) is 0 Å². The molecule has 0 saturated carbocycles. The molecule has 0 atom stereocenters. The smallest absolute Gasteiger partial charge is 0.0654 e. The zero-order chi connectivity index (χ0) is 51.3. The Balaban J connectivity index is 1.42. The molecule has 3 aliphatic rings. The van der Waals surface area contributed by atoms with Crippen molar-refractivity contribution in [2.45, 2.75) is 257 Å². The van der Waals surface area contributed by atoms with E-state index in [0.29, 0.717) is 81.1 Å². The van der Waals surface area contributed by atoms with Gasteiger partial charge in [-0.25, -0.2) is 0 Å². The number of hydrogen-bond donors (Lipinski definition) is 2. The number of nitrogens with zero attached hydrogens (tertiary/aromatic N) is 4. The molecule has 2 N–H and O–H groups in total. The first-order chi connectivity index (χ1) is 34.7. The summed E-state index contributed by atoms with van der Waals surface area (Å²) in [4.78, 5) is 0. The number of halogens is 2. The summed E-state index contributed by atoms with van der Waals surface area (Å²) >= 11 is -1.06. The zero-order valence-corrected chi connectivity index (χ0v) is 48.6. The van der Waals surface area contributed by atoms with Gasteiger partial charge in [-0.1, -0.05) is 27.7 Å². The third kappa shape index (κ3) is 10.6. The fourth-order valence-corrected chi connectivity index (χ4v) is 15.4. The Morgan fingerprint density at radius 2 is 0.806 bits per heavy atom. The standard InChI is InChI=1S/C58H84B2F2N4O4Se2/c1-9-13-17-21-25-29-33-57(34-30-26-22-18-14-10-2)39-37-41(59(67)68)51-53(65-71-63-51)43(39)45-47(57)50(62)46-44-40(38-42(52-54(44)66-72-64-52)60-69-55(5,6)56(7,8)70-60)58(48(46)49(45)61,35-31-27-23-19-15-11-3)36-32-28-24-20-16-12-4/h37-38,67-68H,9-36H2,1-8H3. The van der Waals surface area contributed by atoms with Gasteiger partial charge >= 0.3 is 419 Å². The summed E-state index contributed by atoms with van der Waals surface area (Å²) in [5, 5.41) is 22.1. The molecule has 14 heteroatoms. The molecule has 1 saturated heterocycles. The van der Waals surface area contributed by atoms with Crippen LogP contribution >= 0.6 is 0 Å². The molecule has 1 aliphatic heterocycles. The Kier molecular flexibility index (Phi) is 18.9. The van der Waals surface area contributed by atoms with Crippen molar-refractivity contribution in [3.05, 3.63) is 46.0 Å². The van der Waals surface area contributed by atoms with Crippen LogP contribution in [0, 0.1) is 11.6 Å². The molecule has 392 valence electrons. The molecule has 0 radical (unpaired) electrons. The van der Waals surface area contributed by atoms with Crippen molar-refractivity contribution in [2.24, 2.45) is 0 Å². The van der Waals surface area contributed by atoms with Crippen LogP contribution in [0.5, 0.6) is 0 Å². The van der Waals surface area contributed by atoms with Gasteiger partial charge in [0.05, 0.1) is 0 Å². The maximum atomic E-state index is 19.8. The minimum atomic E-state index is -1.80. The topological polar surface area (TPSA) is 110 Å². The fraction of sp³-hybridized carbons (Fsp3) is 0.690. The molecular weight excluding hydrogens is 1030 g/mol. The molecule has 0 bridgehead atoms. The van der Waals surface area contributed by atoms with Gasteiger partial charge < -0.3 is 0 Å². The number of aromatic nitrogens is 4. The number of hydrogen-bond acceptors (Lipinski definition) is 8. The number of unbranched alkanes of at least 4 members (excludes halogenated alkanes) is 20. The maximum absolute atomic E-state index is 19.8. The second-order valence-corrected chi connectivity index (χ2v) is 25.2. The summed E-state index contributed by atoms with van der Waals surface area (Å²) in [6.45, 7) is 17.2. The first kappa shape index (κ1) is 55.9. The summed E-state index contributed by atoms with van der Waals surface area (Å²) in [7, 11) is -2.52. The van der Waals surface area contributed by atoms with Crippen molar-refractivity contribution in [1.82, 2.24) is 15.9 Å². The summed E-state index contributed by atoms with van der Waals surface area (Å²) in [6.07, 6.45) is 28.4. The van der Waals surface area contributed by atoms with Gasteiger partial charge in [-0.05, 0) is 0 Å². The average Bonchev–Trinajstić information content (AvgIpc) is 4.18. The Labute approximate surface area is 444 Å². The minimum Gasteiger partial charge on any atom is -0.0654 e. The average molecular weight is 1120 g/mol. The Bertz CT molecular complexity index is 2590. The van der Waals surface area contributed by atoms with Gasteiger partial charge in [0.1, 0.15) is 0 Å². The van der Waals surface area contributed by atoms with E-state index in [1.165, 1.54) is 25.7 Å². The van der Waals surface area contributed by atoms with Crippen LogP contribution in [0.1, 0.15) is 257 Å². The predicted molar refractivity (Wildman–Crippen MR) is 296 cm³/mol. The van der Waals surface area contributed by atoms with Crippen LogP contribution in [-0.4, -0.2) is 81.3 Å². The zero-order valence-electron chi connectivity index (χ0n) is 45.2. The monoisotopic (exact) mass is 1120 g/mol. The molecule has 0 amide bonds. The van der Waals surface area contributed by atoms with E-state index in [2.05, 4.69) is 61.5 Å². The number of benzene rings is 3. The van der Waals surface area contributed by atoms with E-state index in [0.717, 1.165) is 145 Å². The van der Waals surface area contributed by atoms with Gasteiger partial charge in [-0.3, -0.25) is 0 Å². The molecule has 0 spiro atoms. The predicted octanol–water partition coefficient (Wildman–Crippen LogP) is 13.5. The molecule has 72 heavy (non-hydrogen) atoms. The number of rotatable bonds is 30. The second kappa shape index (κ2) is 24.4. The van der Waals surface area contributed by atoms with Crippen molar-refractivity contribution in [1.29, 1.82) is 0 Å². The van der Waals surface area contributed by atoms with Crippen LogP contribution in [0.25, 0.3) is 44.3 Å². The Morgan fingerprint density at radius 1 is 0.472 bits per heavy atom. The number of fused-ring (bicyclic) bond motifs is 10. The molecule has 2 aliphatic carbocycles. The van der Waals surface area contributed by atoms with E-state index >= 15 is 8.78 Å². The van der Waals surface area contributed by atoms with Gasteiger partial charge in [0.15, 0.2) is 0 Å². The summed E-state index contributed by atoms with van der Waals surface area (Å²) in [5.41, 5.74) is 5.03. The Morgan fingerprint density at radius 3 is 1.19 bits per heavy atom. The van der Waals surface area contributed by atoms with Crippen LogP contribution < -0.4 is 10.9 Å². The molecular formula is C58H84B2F2N4O4Se2. The third-order valence-corrected chi connectivity index (χ3v) is 19.8. The molecule has 3 aromatic carbocycles. The van der Waals surface area contributed by atoms with Gasteiger partial charge in [0, 0.05) is 0 Å². The van der Waals surface area contributed by atoms with Crippen LogP contribution in [0.15, 0.2) is 12.1 Å². The van der Waals surface area contributed by atoms with Crippen molar-refractivity contribution >= 4 is 77.2 Å². The van der Waals surface area contributed by atoms with E-state index in [-0.39, 0.29) is 17.1 Å². The van der Waals surface area contributed by atoms with E-state index < -0.39 is 66.2 Å². The molecule has 8 nitrogen and oxygen atoms in total. The van der Waals surface area contributed by atoms with Crippen LogP contribution in [-0.2, 0) is 20.1 Å². The molecule has 8 rings (SSSR count). The van der Waals surface area contributed by atoms with Crippen molar-refractivity contribution in [3.8, 4) is 22.3 Å². The van der Waals surface area contributed by atoms with Gasteiger partial charge in [-0.2, -0.15) is 0 Å². The third-order valence-electron chi connectivity index (χ3n) is 17.6. The first-order valence-corrected chi connectivity index (χ1v) is 31.7. The van der Waals surface area contributed by atoms with E-state index in [4.69, 9.17) is 25.2 Å². The minimum absolute atomic E-state index is 0.282. The van der Waals surface area contributed by atoms with Crippen molar-refractivity contribution < 1.29 is 28.1 Å². The summed E-state index contributed by atoms with van der Waals surface area (Å²) < 4.78 is 73.3. The molecule has 3 heterocycles. The van der Waals surface area contributed by atoms with E-state index in [1.807, 2.05) is 6.07 Å². The Hall–Kier alpha value is -2.27. The fourth-order valence-electron chi connectivity index (χ4n) is 13.0. The summed E-state index contributed by atoms with van der Waals surface area (Å²) in [5.74, 6) is -0.687. The van der Waals surface area contributed by atoms with E-state index in [1.54, 1.807) is 0 Å². The molecule has 2 aromatic heterocycles. The van der Waals surface area contributed by atoms with Gasteiger partial charge in [0.2, 0.25) is 0 Å². The van der Waals surface area contributed by atoms with Crippen LogP contribution in [0.2, 0.25) is 0 Å². The quantitative estimate of drug-likeness (QED) is 0.0346. The first-order valence-electron chi connectivity index (χ1n) is 28.6. The second-order valence-electron chi connectivity index (χ2n) is 23.0. The van der Waals surface area contributed by atoms with Crippen LogP contribution in [0.3, 0.4) is 0 Å². The molecule has 5 aromatic rings. The van der Waals surface area contributed by atoms with E-state index in [9.17, 15) is 10.0 Å². The van der Waals surface area contributed by atoms with Crippen molar-refractivity contribution in [2.75, 3.05) is 0 Å². The van der Waals surface area contributed by atoms with Crippen LogP contribution in [0.4, 0.5) is 8.78 Å². The van der Waals surface area contributed by atoms with Gasteiger partial charge in [0.25, 0.3) is 0 Å². The molecule has 0 unspecified atom stereocenters. The normalized spacial score (nSPS) is 16.8. The van der Waals surface area contributed by atoms with Gasteiger partial charge in [-0.15, -0.1) is 0 Å². The SMILES string of the molecule is CCCCCCCCC1(CCCCCCCC)c2cc(B(O)O)c3n[se]nc3c2-c2c(F)c3c(c(F)c21)-c1c(cc(B2OC(C)(C)C(C)(C)O2)c2n[se]nc12)C3(CCCCCCCC)CCCCCCCC. The molecule has 1 fully saturated rings.